The van der Waals surface area contributed by atoms with Crippen molar-refractivity contribution in [1.29, 1.82) is 0 Å². The number of nitrogens with two attached hydrogens (primary N) is 1. The molecule has 5 nitrogen and oxygen atoms in total. The molecule has 2 aromatic rings. The van der Waals surface area contributed by atoms with Gasteiger partial charge in [-0.1, -0.05) is 25.5 Å². The van der Waals surface area contributed by atoms with Gasteiger partial charge >= 0.3 is 0 Å². The second-order valence-corrected chi connectivity index (χ2v) is 6.13. The number of benzene rings is 1. The molecular formula is C18H26N4O. The number of nitrogens with zero attached hydrogens (tertiary/aromatic N) is 3. The molecule has 2 heterocycles. The Morgan fingerprint density at radius 2 is 1.91 bits per heavy atom. The number of rotatable bonds is 6. The van der Waals surface area contributed by atoms with E-state index in [0.717, 1.165) is 62.8 Å². The maximum absolute atomic E-state index is 6.24. The van der Waals surface area contributed by atoms with Crippen molar-refractivity contribution in [1.82, 2.24) is 14.7 Å². The molecule has 0 amide bonds. The lowest BCUT2D eigenvalue weighted by Gasteiger charge is -2.26. The minimum Gasteiger partial charge on any atom is -0.383 e. The van der Waals surface area contributed by atoms with Gasteiger partial charge in [-0.05, 0) is 30.5 Å². The van der Waals surface area contributed by atoms with Crippen LogP contribution in [0.5, 0.6) is 0 Å². The molecule has 23 heavy (non-hydrogen) atoms. The Morgan fingerprint density at radius 3 is 2.61 bits per heavy atom. The highest BCUT2D eigenvalue weighted by molar-refractivity contribution is 5.47. The summed E-state index contributed by atoms with van der Waals surface area (Å²) < 4.78 is 7.23. The van der Waals surface area contributed by atoms with Crippen molar-refractivity contribution in [3.05, 3.63) is 41.6 Å². The summed E-state index contributed by atoms with van der Waals surface area (Å²) in [7, 11) is 0. The van der Waals surface area contributed by atoms with E-state index in [1.165, 1.54) is 12.0 Å². The number of ether oxygens (including phenoxy) is 1. The van der Waals surface area contributed by atoms with Gasteiger partial charge in [0.2, 0.25) is 0 Å². The maximum atomic E-state index is 6.24. The van der Waals surface area contributed by atoms with Gasteiger partial charge in [0.1, 0.15) is 5.82 Å². The standard InChI is InChI=1S/C18H26N4O/c1-2-3-4-16-13-20-22(18(16)19)17-7-5-15(6-8-17)14-21-9-11-23-12-10-21/h5-8,13H,2-4,9-12,14,19H2,1H3. The molecule has 1 aliphatic rings. The summed E-state index contributed by atoms with van der Waals surface area (Å²) in [4.78, 5) is 2.42. The van der Waals surface area contributed by atoms with Crippen molar-refractivity contribution in [2.45, 2.75) is 32.7 Å². The van der Waals surface area contributed by atoms with Gasteiger partial charge in [-0.25, -0.2) is 4.68 Å². The summed E-state index contributed by atoms with van der Waals surface area (Å²) in [6.07, 6.45) is 5.21. The number of anilines is 1. The zero-order valence-corrected chi connectivity index (χ0v) is 13.9. The highest BCUT2D eigenvalue weighted by Gasteiger charge is 2.12. The zero-order valence-electron chi connectivity index (χ0n) is 13.9. The second kappa shape index (κ2) is 7.62. The van der Waals surface area contributed by atoms with Crippen LogP contribution >= 0.6 is 0 Å². The molecule has 0 unspecified atom stereocenters. The van der Waals surface area contributed by atoms with Crippen molar-refractivity contribution >= 4 is 5.82 Å². The number of hydrogen-bond donors (Lipinski definition) is 1. The molecule has 0 spiro atoms. The number of nitrogen functional groups attached to an aromatic ring is 1. The summed E-state index contributed by atoms with van der Waals surface area (Å²) in [6.45, 7) is 6.85. The first kappa shape index (κ1) is 16.0. The molecule has 124 valence electrons. The first-order valence-corrected chi connectivity index (χ1v) is 8.49. The first-order chi connectivity index (χ1) is 11.3. The highest BCUT2D eigenvalue weighted by Crippen LogP contribution is 2.19. The van der Waals surface area contributed by atoms with Crippen LogP contribution in [-0.2, 0) is 17.7 Å². The Morgan fingerprint density at radius 1 is 1.17 bits per heavy atom. The molecule has 0 aliphatic carbocycles. The summed E-state index contributed by atoms with van der Waals surface area (Å²) in [5.74, 6) is 0.763. The number of hydrogen-bond acceptors (Lipinski definition) is 4. The van der Waals surface area contributed by atoms with Gasteiger partial charge in [-0.3, -0.25) is 4.90 Å². The molecule has 1 aromatic carbocycles. The predicted molar refractivity (Wildman–Crippen MR) is 92.7 cm³/mol. The Balaban J connectivity index is 1.68. The predicted octanol–water partition coefficient (Wildman–Crippen LogP) is 2.63. The molecule has 5 heteroatoms. The lowest BCUT2D eigenvalue weighted by atomic mass is 10.1. The van der Waals surface area contributed by atoms with Gasteiger partial charge in [0.15, 0.2) is 0 Å². The van der Waals surface area contributed by atoms with Crippen LogP contribution in [0.1, 0.15) is 30.9 Å². The van der Waals surface area contributed by atoms with Gasteiger partial charge in [0.05, 0.1) is 25.1 Å². The summed E-state index contributed by atoms with van der Waals surface area (Å²) >= 11 is 0. The van der Waals surface area contributed by atoms with E-state index in [1.807, 2.05) is 10.9 Å². The van der Waals surface area contributed by atoms with E-state index in [1.54, 1.807) is 0 Å². The molecule has 0 saturated carbocycles. The average molecular weight is 314 g/mol. The zero-order chi connectivity index (χ0) is 16.1. The van der Waals surface area contributed by atoms with E-state index in [-0.39, 0.29) is 0 Å². The third kappa shape index (κ3) is 3.92. The van der Waals surface area contributed by atoms with E-state index >= 15 is 0 Å². The van der Waals surface area contributed by atoms with Crippen molar-refractivity contribution < 1.29 is 4.74 Å². The number of aryl methyl sites for hydroxylation is 1. The molecule has 0 atom stereocenters. The van der Waals surface area contributed by atoms with Crippen LogP contribution in [0.4, 0.5) is 5.82 Å². The van der Waals surface area contributed by atoms with Gasteiger partial charge in [-0.15, -0.1) is 0 Å². The second-order valence-electron chi connectivity index (χ2n) is 6.13. The summed E-state index contributed by atoms with van der Waals surface area (Å²) in [5.41, 5.74) is 9.72. The third-order valence-corrected chi connectivity index (χ3v) is 4.38. The molecular weight excluding hydrogens is 288 g/mol. The van der Waals surface area contributed by atoms with E-state index in [4.69, 9.17) is 10.5 Å². The molecule has 3 rings (SSSR count). The number of unbranched alkanes of at least 4 members (excludes halogenated alkanes) is 1. The molecule has 2 N–H and O–H groups in total. The Bertz CT molecular complexity index is 614. The lowest BCUT2D eigenvalue weighted by Crippen LogP contribution is -2.35. The monoisotopic (exact) mass is 314 g/mol. The van der Waals surface area contributed by atoms with Crippen LogP contribution in [-0.4, -0.2) is 41.0 Å². The fraction of sp³-hybridized carbons (Fsp3) is 0.500. The Hall–Kier alpha value is -1.85. The van der Waals surface area contributed by atoms with Gasteiger partial charge in [0, 0.05) is 25.2 Å². The molecule has 0 radical (unpaired) electrons. The third-order valence-electron chi connectivity index (χ3n) is 4.38. The highest BCUT2D eigenvalue weighted by atomic mass is 16.5. The van der Waals surface area contributed by atoms with Crippen molar-refractivity contribution in [2.75, 3.05) is 32.0 Å². The topological polar surface area (TPSA) is 56.3 Å². The van der Waals surface area contributed by atoms with Crippen LogP contribution in [0.25, 0.3) is 5.69 Å². The van der Waals surface area contributed by atoms with Crippen LogP contribution in [0.2, 0.25) is 0 Å². The molecule has 1 saturated heterocycles. The van der Waals surface area contributed by atoms with E-state index in [2.05, 4.69) is 41.2 Å². The SMILES string of the molecule is CCCCc1cnn(-c2ccc(CN3CCOCC3)cc2)c1N. The number of morpholine rings is 1. The number of aromatic nitrogens is 2. The van der Waals surface area contributed by atoms with Crippen LogP contribution in [0, 0.1) is 0 Å². The van der Waals surface area contributed by atoms with Crippen molar-refractivity contribution in [2.24, 2.45) is 0 Å². The fourth-order valence-electron chi connectivity index (χ4n) is 2.92. The first-order valence-electron chi connectivity index (χ1n) is 8.49. The molecule has 1 fully saturated rings. The van der Waals surface area contributed by atoms with Crippen LogP contribution < -0.4 is 5.73 Å². The minimum atomic E-state index is 0.763. The molecule has 0 bridgehead atoms. The lowest BCUT2D eigenvalue weighted by molar-refractivity contribution is 0.0342. The van der Waals surface area contributed by atoms with Crippen LogP contribution in [0.15, 0.2) is 30.5 Å². The largest absolute Gasteiger partial charge is 0.383 e. The quantitative estimate of drug-likeness (QED) is 0.890. The van der Waals surface area contributed by atoms with Crippen molar-refractivity contribution in [3.8, 4) is 5.69 Å². The smallest absolute Gasteiger partial charge is 0.130 e. The normalized spacial score (nSPS) is 15.9. The average Bonchev–Trinajstić information content (AvgIpc) is 2.95. The van der Waals surface area contributed by atoms with E-state index < -0.39 is 0 Å². The molecule has 1 aliphatic heterocycles. The van der Waals surface area contributed by atoms with Crippen LogP contribution in [0.3, 0.4) is 0 Å². The Labute approximate surface area is 138 Å². The summed E-state index contributed by atoms with van der Waals surface area (Å²) in [5, 5.41) is 4.45. The minimum absolute atomic E-state index is 0.763. The van der Waals surface area contributed by atoms with E-state index in [9.17, 15) is 0 Å². The van der Waals surface area contributed by atoms with E-state index in [0.29, 0.717) is 0 Å². The molecule has 1 aromatic heterocycles. The van der Waals surface area contributed by atoms with Gasteiger partial charge < -0.3 is 10.5 Å². The summed E-state index contributed by atoms with van der Waals surface area (Å²) in [6, 6.07) is 8.53. The van der Waals surface area contributed by atoms with Gasteiger partial charge in [-0.2, -0.15) is 5.10 Å². The Kier molecular flexibility index (Phi) is 5.31. The van der Waals surface area contributed by atoms with Gasteiger partial charge in [0.25, 0.3) is 0 Å². The maximum Gasteiger partial charge on any atom is 0.130 e. The fourth-order valence-corrected chi connectivity index (χ4v) is 2.92. The van der Waals surface area contributed by atoms with Crippen molar-refractivity contribution in [3.63, 3.8) is 0 Å².